The molecule has 0 bridgehead atoms. The Bertz CT molecular complexity index is 263. The van der Waals surface area contributed by atoms with Crippen molar-refractivity contribution in [2.24, 2.45) is 5.41 Å². The van der Waals surface area contributed by atoms with Gasteiger partial charge in [-0.25, -0.2) is 0 Å². The van der Waals surface area contributed by atoms with Crippen LogP contribution in [0.25, 0.3) is 0 Å². The number of esters is 1. The summed E-state index contributed by atoms with van der Waals surface area (Å²) in [6, 6.07) is 0. The van der Waals surface area contributed by atoms with Crippen molar-refractivity contribution in [3.63, 3.8) is 0 Å². The van der Waals surface area contributed by atoms with Gasteiger partial charge in [-0.2, -0.15) is 9.78 Å². The molecule has 0 spiro atoms. The molecule has 4 heteroatoms. The first-order chi connectivity index (χ1) is 8.56. The number of hydrogen-bond donors (Lipinski definition) is 0. The summed E-state index contributed by atoms with van der Waals surface area (Å²) in [7, 11) is 0. The Morgan fingerprint density at radius 3 is 1.94 bits per heavy atom. The predicted octanol–water partition coefficient (Wildman–Crippen LogP) is 3.59. The maximum Gasteiger partial charge on any atom is 0.317 e. The molecule has 0 saturated carbocycles. The van der Waals surface area contributed by atoms with Crippen LogP contribution in [0.3, 0.4) is 0 Å². The zero-order chi connectivity index (χ0) is 13.6. The van der Waals surface area contributed by atoms with E-state index in [9.17, 15) is 4.79 Å². The zero-order valence-electron chi connectivity index (χ0n) is 12.1. The Labute approximate surface area is 110 Å². The van der Waals surface area contributed by atoms with Crippen molar-refractivity contribution in [1.82, 2.24) is 0 Å². The van der Waals surface area contributed by atoms with E-state index in [2.05, 4.69) is 13.8 Å². The fourth-order valence-electron chi connectivity index (χ4n) is 2.42. The summed E-state index contributed by atoms with van der Waals surface area (Å²) in [5.74, 6) is -0.962. The van der Waals surface area contributed by atoms with Crippen molar-refractivity contribution in [3.05, 3.63) is 0 Å². The van der Waals surface area contributed by atoms with Gasteiger partial charge in [0.2, 0.25) is 5.79 Å². The number of unbranched alkanes of at least 4 members (excludes halogenated alkanes) is 2. The highest BCUT2D eigenvalue weighted by Gasteiger charge is 2.65. The van der Waals surface area contributed by atoms with Gasteiger partial charge >= 0.3 is 5.97 Å². The normalized spacial score (nSPS) is 17.6. The van der Waals surface area contributed by atoms with E-state index in [1.54, 1.807) is 0 Å². The van der Waals surface area contributed by atoms with Crippen LogP contribution in [-0.2, 0) is 19.3 Å². The van der Waals surface area contributed by atoms with E-state index < -0.39 is 11.2 Å². The van der Waals surface area contributed by atoms with Crippen LogP contribution in [0.4, 0.5) is 0 Å². The lowest BCUT2D eigenvalue weighted by Gasteiger charge is -2.32. The lowest BCUT2D eigenvalue weighted by molar-refractivity contribution is -0.162. The molecule has 4 nitrogen and oxygen atoms in total. The van der Waals surface area contributed by atoms with E-state index in [1.807, 2.05) is 13.8 Å². The Morgan fingerprint density at radius 2 is 1.61 bits per heavy atom. The third-order valence-electron chi connectivity index (χ3n) is 3.78. The van der Waals surface area contributed by atoms with Crippen molar-refractivity contribution in [2.75, 3.05) is 6.61 Å². The smallest absolute Gasteiger partial charge is 0.317 e. The predicted molar refractivity (Wildman–Crippen MR) is 68.7 cm³/mol. The van der Waals surface area contributed by atoms with Crippen LogP contribution in [0.2, 0.25) is 0 Å². The molecule has 1 fully saturated rings. The Hall–Kier alpha value is -0.610. The maximum absolute atomic E-state index is 12.4. The zero-order valence-corrected chi connectivity index (χ0v) is 12.1. The molecule has 0 aromatic heterocycles. The topological polar surface area (TPSA) is 51.4 Å². The molecule has 1 aliphatic heterocycles. The molecular weight excluding hydrogens is 232 g/mol. The maximum atomic E-state index is 12.4. The molecule has 0 radical (unpaired) electrons. The van der Waals surface area contributed by atoms with Crippen molar-refractivity contribution < 1.29 is 19.3 Å². The lowest BCUT2D eigenvalue weighted by Crippen LogP contribution is -2.44. The number of carbonyl (C=O) groups is 1. The van der Waals surface area contributed by atoms with Crippen molar-refractivity contribution in [3.8, 4) is 0 Å². The van der Waals surface area contributed by atoms with E-state index in [0.717, 1.165) is 38.5 Å². The largest absolute Gasteiger partial charge is 0.465 e. The molecular formula is C14H26O4. The molecule has 18 heavy (non-hydrogen) atoms. The minimum Gasteiger partial charge on any atom is -0.465 e. The summed E-state index contributed by atoms with van der Waals surface area (Å²) >= 11 is 0. The Morgan fingerprint density at radius 1 is 1.11 bits per heavy atom. The van der Waals surface area contributed by atoms with Gasteiger partial charge in [-0.3, -0.25) is 4.79 Å². The van der Waals surface area contributed by atoms with Crippen LogP contribution in [0.1, 0.15) is 66.2 Å². The molecule has 0 aliphatic carbocycles. The minimum atomic E-state index is -0.788. The van der Waals surface area contributed by atoms with Crippen LogP contribution in [0.15, 0.2) is 0 Å². The average molecular weight is 258 g/mol. The van der Waals surface area contributed by atoms with E-state index in [0.29, 0.717) is 6.61 Å². The Balaban J connectivity index is 2.89. The third-order valence-corrected chi connectivity index (χ3v) is 3.78. The molecule has 1 aliphatic rings. The number of hydrogen-bond acceptors (Lipinski definition) is 4. The molecule has 0 atom stereocenters. The second kappa shape index (κ2) is 6.53. The van der Waals surface area contributed by atoms with Gasteiger partial charge < -0.3 is 4.74 Å². The fraction of sp³-hybridized carbons (Fsp3) is 0.929. The van der Waals surface area contributed by atoms with Crippen molar-refractivity contribution >= 4 is 5.97 Å². The van der Waals surface area contributed by atoms with Gasteiger partial charge in [0.05, 0.1) is 6.61 Å². The lowest BCUT2D eigenvalue weighted by atomic mass is 9.72. The van der Waals surface area contributed by atoms with Crippen LogP contribution < -0.4 is 0 Å². The molecule has 1 rings (SSSR count). The molecule has 1 heterocycles. The summed E-state index contributed by atoms with van der Waals surface area (Å²) in [5.41, 5.74) is -0.644. The van der Waals surface area contributed by atoms with Gasteiger partial charge in [0, 0.05) is 0 Å². The van der Waals surface area contributed by atoms with E-state index in [1.165, 1.54) is 0 Å². The third kappa shape index (κ3) is 3.04. The SMILES string of the molecule is CCCCC(CCCC)(C(=O)OCC)C1(C)OO1. The summed E-state index contributed by atoms with van der Waals surface area (Å²) in [6.45, 7) is 8.31. The van der Waals surface area contributed by atoms with Gasteiger partial charge in [-0.15, -0.1) is 0 Å². The standard InChI is InChI=1S/C14H26O4/c1-5-8-10-14(11-9-6-2,12(15)16-7-3)13(4)17-18-13/h5-11H2,1-4H3. The quantitative estimate of drug-likeness (QED) is 0.360. The highest BCUT2D eigenvalue weighted by atomic mass is 17.4. The van der Waals surface area contributed by atoms with Gasteiger partial charge in [-0.05, 0) is 26.7 Å². The molecule has 0 N–H and O–H groups in total. The molecule has 1 saturated heterocycles. The van der Waals surface area contributed by atoms with Crippen LogP contribution in [0.5, 0.6) is 0 Å². The number of ether oxygens (including phenoxy) is 1. The molecule has 0 amide bonds. The van der Waals surface area contributed by atoms with Crippen LogP contribution in [-0.4, -0.2) is 18.4 Å². The van der Waals surface area contributed by atoms with Gasteiger partial charge in [0.25, 0.3) is 0 Å². The van der Waals surface area contributed by atoms with Gasteiger partial charge in [0.1, 0.15) is 5.41 Å². The van der Waals surface area contributed by atoms with Crippen molar-refractivity contribution in [1.29, 1.82) is 0 Å². The average Bonchev–Trinajstić information content (AvgIpc) is 3.09. The first kappa shape index (κ1) is 15.4. The first-order valence-corrected chi connectivity index (χ1v) is 7.10. The molecule has 0 aromatic rings. The number of rotatable bonds is 9. The monoisotopic (exact) mass is 258 g/mol. The second-order valence-electron chi connectivity index (χ2n) is 5.12. The van der Waals surface area contributed by atoms with Crippen LogP contribution >= 0.6 is 0 Å². The molecule has 106 valence electrons. The van der Waals surface area contributed by atoms with E-state index in [4.69, 9.17) is 14.5 Å². The van der Waals surface area contributed by atoms with Gasteiger partial charge in [-0.1, -0.05) is 39.5 Å². The summed E-state index contributed by atoms with van der Waals surface area (Å²) in [4.78, 5) is 22.6. The van der Waals surface area contributed by atoms with Crippen LogP contribution in [0, 0.1) is 5.41 Å². The summed E-state index contributed by atoms with van der Waals surface area (Å²) in [5, 5.41) is 0. The first-order valence-electron chi connectivity index (χ1n) is 7.10. The van der Waals surface area contributed by atoms with E-state index >= 15 is 0 Å². The second-order valence-corrected chi connectivity index (χ2v) is 5.12. The van der Waals surface area contributed by atoms with Crippen molar-refractivity contribution in [2.45, 2.75) is 72.0 Å². The fourth-order valence-corrected chi connectivity index (χ4v) is 2.42. The van der Waals surface area contributed by atoms with Gasteiger partial charge in [0.15, 0.2) is 0 Å². The highest BCUT2D eigenvalue weighted by Crippen LogP contribution is 2.53. The molecule has 0 unspecified atom stereocenters. The summed E-state index contributed by atoms with van der Waals surface area (Å²) < 4.78 is 5.27. The summed E-state index contributed by atoms with van der Waals surface area (Å²) in [6.07, 6.45) is 5.57. The molecule has 0 aromatic carbocycles. The highest BCUT2D eigenvalue weighted by molar-refractivity contribution is 5.78. The van der Waals surface area contributed by atoms with E-state index in [-0.39, 0.29) is 5.97 Å². The number of carbonyl (C=O) groups excluding carboxylic acids is 1. The Kier molecular flexibility index (Phi) is 5.60. The minimum absolute atomic E-state index is 0.174.